The number of anilines is 3. The first kappa shape index (κ1) is 29.7. The second kappa shape index (κ2) is 13.3. The zero-order valence-corrected chi connectivity index (χ0v) is 23.1. The van der Waals surface area contributed by atoms with E-state index in [9.17, 15) is 19.2 Å². The standard InChI is InChI=1S/C30H34N4O6/c1-30(2,3)40-28(37)21-39-25-17-11-16-24(18-25)34(29(31)38)20-27(36)33(23-14-9-6-10-15-23)19-26(35)32(4)22-12-7-5-8-13-22/h5-18H,19-21H2,1-4H3,(H2,31,38). The average molecular weight is 547 g/mol. The van der Waals surface area contributed by atoms with Crippen molar-refractivity contribution in [3.8, 4) is 5.75 Å². The summed E-state index contributed by atoms with van der Waals surface area (Å²) < 4.78 is 10.8. The van der Waals surface area contributed by atoms with E-state index in [0.29, 0.717) is 11.4 Å². The summed E-state index contributed by atoms with van der Waals surface area (Å²) in [7, 11) is 1.63. The highest BCUT2D eigenvalue weighted by Crippen LogP contribution is 2.23. The number of para-hydroxylation sites is 2. The fourth-order valence-electron chi connectivity index (χ4n) is 3.74. The van der Waals surface area contributed by atoms with Gasteiger partial charge in [-0.3, -0.25) is 14.5 Å². The van der Waals surface area contributed by atoms with Gasteiger partial charge in [0.2, 0.25) is 11.8 Å². The van der Waals surface area contributed by atoms with E-state index >= 15 is 0 Å². The molecule has 0 bridgehead atoms. The number of urea groups is 1. The fraction of sp³-hybridized carbons (Fsp3) is 0.267. The number of amides is 4. The van der Waals surface area contributed by atoms with Gasteiger partial charge in [-0.05, 0) is 57.2 Å². The van der Waals surface area contributed by atoms with Crippen LogP contribution in [0.5, 0.6) is 5.75 Å². The Hall–Kier alpha value is -4.86. The van der Waals surface area contributed by atoms with Gasteiger partial charge in [0.1, 0.15) is 24.4 Å². The fourth-order valence-corrected chi connectivity index (χ4v) is 3.74. The monoisotopic (exact) mass is 546 g/mol. The van der Waals surface area contributed by atoms with Crippen molar-refractivity contribution < 1.29 is 28.7 Å². The average Bonchev–Trinajstić information content (AvgIpc) is 2.93. The van der Waals surface area contributed by atoms with Gasteiger partial charge in [0.25, 0.3) is 0 Å². The zero-order valence-electron chi connectivity index (χ0n) is 23.1. The minimum atomic E-state index is -0.876. The summed E-state index contributed by atoms with van der Waals surface area (Å²) in [6.07, 6.45) is 0. The lowest BCUT2D eigenvalue weighted by Crippen LogP contribution is -2.48. The Morgan fingerprint density at radius 1 is 0.725 bits per heavy atom. The van der Waals surface area contributed by atoms with E-state index in [0.717, 1.165) is 4.90 Å². The highest BCUT2D eigenvalue weighted by molar-refractivity contribution is 6.07. The van der Waals surface area contributed by atoms with Crippen LogP contribution < -0.4 is 25.2 Å². The molecule has 0 aliphatic rings. The Kier molecular flexibility index (Phi) is 9.86. The number of carbonyl (C=O) groups is 4. The second-order valence-corrected chi connectivity index (χ2v) is 9.90. The number of hydrogen-bond acceptors (Lipinski definition) is 6. The van der Waals surface area contributed by atoms with Gasteiger partial charge in [-0.25, -0.2) is 9.59 Å². The normalized spacial score (nSPS) is 10.8. The molecule has 10 nitrogen and oxygen atoms in total. The molecule has 0 saturated heterocycles. The van der Waals surface area contributed by atoms with Gasteiger partial charge < -0.3 is 25.0 Å². The maximum absolute atomic E-state index is 13.6. The van der Waals surface area contributed by atoms with Crippen LogP contribution in [0.2, 0.25) is 0 Å². The molecule has 0 fully saturated rings. The van der Waals surface area contributed by atoms with E-state index in [4.69, 9.17) is 15.2 Å². The minimum Gasteiger partial charge on any atom is -0.482 e. The van der Waals surface area contributed by atoms with Crippen molar-refractivity contribution in [2.24, 2.45) is 5.73 Å². The van der Waals surface area contributed by atoms with Crippen LogP contribution in [0.3, 0.4) is 0 Å². The maximum Gasteiger partial charge on any atom is 0.344 e. The number of benzene rings is 3. The number of carbonyl (C=O) groups excluding carboxylic acids is 4. The first-order valence-corrected chi connectivity index (χ1v) is 12.6. The van der Waals surface area contributed by atoms with Crippen LogP contribution in [-0.4, -0.2) is 56.2 Å². The van der Waals surface area contributed by atoms with Gasteiger partial charge >= 0.3 is 12.0 Å². The summed E-state index contributed by atoms with van der Waals surface area (Å²) in [5.41, 5.74) is 6.43. The van der Waals surface area contributed by atoms with Gasteiger partial charge in [-0.15, -0.1) is 0 Å². The van der Waals surface area contributed by atoms with Crippen molar-refractivity contribution in [3.05, 3.63) is 84.9 Å². The molecule has 0 aliphatic heterocycles. The summed E-state index contributed by atoms with van der Waals surface area (Å²) in [6.45, 7) is 4.20. The largest absolute Gasteiger partial charge is 0.482 e. The van der Waals surface area contributed by atoms with E-state index in [2.05, 4.69) is 0 Å². The van der Waals surface area contributed by atoms with E-state index in [1.165, 1.54) is 15.9 Å². The lowest BCUT2D eigenvalue weighted by Gasteiger charge is -2.28. The summed E-state index contributed by atoms with van der Waals surface area (Å²) in [5, 5.41) is 0. The molecule has 3 aromatic carbocycles. The molecule has 2 N–H and O–H groups in total. The van der Waals surface area contributed by atoms with E-state index in [-0.39, 0.29) is 30.5 Å². The number of nitrogens with two attached hydrogens (primary N) is 1. The van der Waals surface area contributed by atoms with Crippen LogP contribution in [0.15, 0.2) is 84.9 Å². The van der Waals surface area contributed by atoms with Crippen molar-refractivity contribution in [1.82, 2.24) is 0 Å². The topological polar surface area (TPSA) is 122 Å². The number of hydrogen-bond donors (Lipinski definition) is 1. The lowest BCUT2D eigenvalue weighted by atomic mass is 10.2. The molecule has 3 rings (SSSR count). The molecule has 0 spiro atoms. The van der Waals surface area contributed by atoms with Gasteiger partial charge in [0.05, 0.1) is 0 Å². The van der Waals surface area contributed by atoms with Crippen LogP contribution >= 0.6 is 0 Å². The van der Waals surface area contributed by atoms with E-state index < -0.39 is 30.1 Å². The van der Waals surface area contributed by atoms with Crippen LogP contribution in [0.25, 0.3) is 0 Å². The third-order valence-electron chi connectivity index (χ3n) is 5.65. The molecule has 0 aromatic heterocycles. The quantitative estimate of drug-likeness (QED) is 0.384. The Morgan fingerprint density at radius 3 is 1.85 bits per heavy atom. The lowest BCUT2D eigenvalue weighted by molar-refractivity contribution is -0.157. The predicted octanol–water partition coefficient (Wildman–Crippen LogP) is 3.99. The van der Waals surface area contributed by atoms with E-state index in [1.54, 1.807) is 88.5 Å². The van der Waals surface area contributed by atoms with Gasteiger partial charge in [-0.1, -0.05) is 42.5 Å². The molecule has 3 aromatic rings. The molecule has 4 amide bonds. The molecule has 0 heterocycles. The van der Waals surface area contributed by atoms with Crippen molar-refractivity contribution >= 4 is 40.9 Å². The SMILES string of the molecule is CN(C(=O)CN(C(=O)CN(C(N)=O)c1cccc(OCC(=O)OC(C)(C)C)c1)c1ccccc1)c1ccccc1. The predicted molar refractivity (Wildman–Crippen MR) is 153 cm³/mol. The second-order valence-electron chi connectivity index (χ2n) is 9.90. The molecule has 0 radical (unpaired) electrons. The highest BCUT2D eigenvalue weighted by Gasteiger charge is 2.26. The van der Waals surface area contributed by atoms with Crippen molar-refractivity contribution in [3.63, 3.8) is 0 Å². The summed E-state index contributed by atoms with van der Waals surface area (Å²) in [5.74, 6) is -1.13. The number of rotatable bonds is 10. The molecule has 0 atom stereocenters. The van der Waals surface area contributed by atoms with Gasteiger partial charge in [0.15, 0.2) is 6.61 Å². The van der Waals surface area contributed by atoms with Gasteiger partial charge in [0, 0.05) is 30.2 Å². The Morgan fingerprint density at radius 2 is 1.27 bits per heavy atom. The van der Waals surface area contributed by atoms with Crippen LogP contribution in [0.1, 0.15) is 20.8 Å². The number of primary amides is 1. The van der Waals surface area contributed by atoms with Crippen LogP contribution in [0.4, 0.5) is 21.9 Å². The van der Waals surface area contributed by atoms with Crippen LogP contribution in [-0.2, 0) is 19.1 Å². The molecule has 210 valence electrons. The number of likely N-dealkylation sites (N-methyl/N-ethyl adjacent to an activating group) is 1. The minimum absolute atomic E-state index is 0.264. The third-order valence-corrected chi connectivity index (χ3v) is 5.65. The first-order valence-electron chi connectivity index (χ1n) is 12.6. The Bertz CT molecular complexity index is 1320. The summed E-state index contributed by atoms with van der Waals surface area (Å²) in [4.78, 5) is 55.0. The summed E-state index contributed by atoms with van der Waals surface area (Å²) in [6, 6.07) is 23.2. The molecule has 0 unspecified atom stereocenters. The highest BCUT2D eigenvalue weighted by atomic mass is 16.6. The number of nitrogens with zero attached hydrogens (tertiary/aromatic N) is 3. The third kappa shape index (κ3) is 8.59. The van der Waals surface area contributed by atoms with Crippen molar-refractivity contribution in [2.45, 2.75) is 26.4 Å². The van der Waals surface area contributed by atoms with Crippen molar-refractivity contribution in [2.75, 3.05) is 41.4 Å². The van der Waals surface area contributed by atoms with Crippen molar-refractivity contribution in [1.29, 1.82) is 0 Å². The van der Waals surface area contributed by atoms with Gasteiger partial charge in [-0.2, -0.15) is 0 Å². The Balaban J connectivity index is 1.79. The maximum atomic E-state index is 13.6. The Labute approximate surface area is 233 Å². The molecule has 40 heavy (non-hydrogen) atoms. The molecule has 0 saturated carbocycles. The van der Waals surface area contributed by atoms with E-state index in [1.807, 2.05) is 18.2 Å². The number of esters is 1. The molecular formula is C30H34N4O6. The van der Waals surface area contributed by atoms with Crippen LogP contribution in [0, 0.1) is 0 Å². The summed E-state index contributed by atoms with van der Waals surface area (Å²) >= 11 is 0. The number of ether oxygens (including phenoxy) is 2. The molecule has 10 heteroatoms. The smallest absolute Gasteiger partial charge is 0.344 e. The zero-order chi connectivity index (χ0) is 29.3. The first-order chi connectivity index (χ1) is 18.9. The molecular weight excluding hydrogens is 512 g/mol. The molecule has 0 aliphatic carbocycles.